The molecule has 1 aromatic heterocycles. The fraction of sp³-hybridized carbons (Fsp3) is 0.625. The lowest BCUT2D eigenvalue weighted by atomic mass is 10.0. The number of rotatable bonds is 3. The number of thiocarbonyl (C=S) groups is 1. The van der Waals surface area contributed by atoms with Crippen LogP contribution in [0.4, 0.5) is 5.00 Å². The summed E-state index contributed by atoms with van der Waals surface area (Å²) in [6.07, 6.45) is 4.39. The molecular formula is C16H24N2O2S2. The van der Waals surface area contributed by atoms with E-state index in [0.717, 1.165) is 34.8 Å². The summed E-state index contributed by atoms with van der Waals surface area (Å²) in [6, 6.07) is 0.446. The molecule has 1 aliphatic rings. The molecule has 4 nitrogen and oxygen atoms in total. The Morgan fingerprint density at radius 1 is 1.50 bits per heavy atom. The van der Waals surface area contributed by atoms with Gasteiger partial charge in [0.05, 0.1) is 12.7 Å². The molecular weight excluding hydrogens is 316 g/mol. The normalized spacial score (nSPS) is 18.2. The first-order chi connectivity index (χ1) is 10.5. The minimum atomic E-state index is -0.293. The number of thiophene rings is 1. The molecule has 1 atom stereocenters. The first-order valence-electron chi connectivity index (χ1n) is 7.77. The Kier molecular flexibility index (Phi) is 5.81. The Hall–Kier alpha value is -1.14. The van der Waals surface area contributed by atoms with Crippen molar-refractivity contribution in [2.45, 2.75) is 52.5 Å². The maximum Gasteiger partial charge on any atom is 0.341 e. The van der Waals surface area contributed by atoms with Crippen molar-refractivity contribution >= 4 is 39.6 Å². The molecule has 0 radical (unpaired) electrons. The number of nitrogens with one attached hydrogen (secondary N) is 1. The summed E-state index contributed by atoms with van der Waals surface area (Å²) >= 11 is 7.15. The minimum absolute atomic E-state index is 0.293. The lowest BCUT2D eigenvalue weighted by Gasteiger charge is -2.35. The van der Waals surface area contributed by atoms with Crippen LogP contribution in [0.1, 0.15) is 53.9 Å². The van der Waals surface area contributed by atoms with Gasteiger partial charge in [-0.05, 0) is 57.3 Å². The van der Waals surface area contributed by atoms with Gasteiger partial charge in [-0.1, -0.05) is 6.92 Å². The third kappa shape index (κ3) is 3.43. The number of carbonyl (C=O) groups excluding carboxylic acids is 1. The van der Waals surface area contributed by atoms with Crippen LogP contribution in [0, 0.1) is 6.92 Å². The van der Waals surface area contributed by atoms with E-state index in [2.05, 4.69) is 24.1 Å². The number of anilines is 1. The molecule has 1 unspecified atom stereocenters. The van der Waals surface area contributed by atoms with Crippen LogP contribution in [0.2, 0.25) is 0 Å². The summed E-state index contributed by atoms with van der Waals surface area (Å²) in [6.45, 7) is 7.26. The van der Waals surface area contributed by atoms with E-state index in [1.807, 2.05) is 6.92 Å². The van der Waals surface area contributed by atoms with E-state index in [1.165, 1.54) is 20.0 Å². The highest BCUT2D eigenvalue weighted by Crippen LogP contribution is 2.34. The van der Waals surface area contributed by atoms with Gasteiger partial charge in [0.15, 0.2) is 5.11 Å². The summed E-state index contributed by atoms with van der Waals surface area (Å²) < 4.78 is 4.95. The van der Waals surface area contributed by atoms with Crippen molar-refractivity contribution in [1.29, 1.82) is 0 Å². The number of esters is 1. The van der Waals surface area contributed by atoms with Crippen molar-refractivity contribution in [3.63, 3.8) is 0 Å². The predicted molar refractivity (Wildman–Crippen MR) is 96.0 cm³/mol. The molecule has 0 aliphatic carbocycles. The van der Waals surface area contributed by atoms with Crippen molar-refractivity contribution in [3.8, 4) is 0 Å². The van der Waals surface area contributed by atoms with Crippen LogP contribution in [-0.2, 0) is 11.2 Å². The number of nitrogens with zero attached hydrogens (tertiary/aromatic N) is 1. The molecule has 0 amide bonds. The Morgan fingerprint density at radius 3 is 2.82 bits per heavy atom. The number of ether oxygens (including phenoxy) is 1. The highest BCUT2D eigenvalue weighted by atomic mass is 32.1. The van der Waals surface area contributed by atoms with Gasteiger partial charge in [0, 0.05) is 17.5 Å². The third-order valence-corrected chi connectivity index (χ3v) is 5.64. The van der Waals surface area contributed by atoms with Crippen LogP contribution in [0.15, 0.2) is 0 Å². The standard InChI is InChI=1S/C16H24N2O2S2/c1-5-12-11(3)22-14(13(12)15(19)20-4)17-16(21)18-9-7-6-8-10(18)2/h10H,5-9H2,1-4H3,(H,17,21). The Bertz CT molecular complexity index is 569. The van der Waals surface area contributed by atoms with E-state index in [0.29, 0.717) is 16.7 Å². The second kappa shape index (κ2) is 7.42. The summed E-state index contributed by atoms with van der Waals surface area (Å²) in [5.74, 6) is -0.293. The highest BCUT2D eigenvalue weighted by Gasteiger charge is 2.25. The highest BCUT2D eigenvalue weighted by molar-refractivity contribution is 7.80. The van der Waals surface area contributed by atoms with Crippen LogP contribution in [0.5, 0.6) is 0 Å². The van der Waals surface area contributed by atoms with E-state index in [-0.39, 0.29) is 5.97 Å². The molecule has 0 saturated carbocycles. The number of carbonyl (C=O) groups is 1. The van der Waals surface area contributed by atoms with Gasteiger partial charge < -0.3 is 15.0 Å². The largest absolute Gasteiger partial charge is 0.465 e. The molecule has 2 heterocycles. The smallest absolute Gasteiger partial charge is 0.341 e. The van der Waals surface area contributed by atoms with Crippen molar-refractivity contribution in [1.82, 2.24) is 4.90 Å². The van der Waals surface area contributed by atoms with Gasteiger partial charge in [-0.3, -0.25) is 0 Å². The molecule has 1 saturated heterocycles. The van der Waals surface area contributed by atoms with Gasteiger partial charge >= 0.3 is 5.97 Å². The predicted octanol–water partition coefficient (Wildman–Crippen LogP) is 3.98. The average molecular weight is 341 g/mol. The molecule has 1 fully saturated rings. The van der Waals surface area contributed by atoms with E-state index < -0.39 is 0 Å². The van der Waals surface area contributed by atoms with Crippen LogP contribution < -0.4 is 5.32 Å². The van der Waals surface area contributed by atoms with Gasteiger partial charge in [-0.25, -0.2) is 4.79 Å². The molecule has 122 valence electrons. The average Bonchev–Trinajstić information content (AvgIpc) is 2.82. The number of likely N-dealkylation sites (tertiary alicyclic amines) is 1. The van der Waals surface area contributed by atoms with E-state index in [9.17, 15) is 4.79 Å². The minimum Gasteiger partial charge on any atom is -0.465 e. The van der Waals surface area contributed by atoms with Crippen LogP contribution in [0.3, 0.4) is 0 Å². The summed E-state index contributed by atoms with van der Waals surface area (Å²) in [5.41, 5.74) is 1.69. The van der Waals surface area contributed by atoms with Gasteiger partial charge in [0.25, 0.3) is 0 Å². The zero-order valence-corrected chi connectivity index (χ0v) is 15.3. The second-order valence-corrected chi connectivity index (χ2v) is 7.27. The fourth-order valence-electron chi connectivity index (χ4n) is 2.98. The molecule has 2 rings (SSSR count). The SMILES string of the molecule is CCc1c(C)sc(NC(=S)N2CCCCC2C)c1C(=O)OC. The molecule has 6 heteroatoms. The maximum atomic E-state index is 12.1. The van der Waals surface area contributed by atoms with Gasteiger partial charge in [0.1, 0.15) is 5.00 Å². The molecule has 0 aromatic carbocycles. The molecule has 1 N–H and O–H groups in total. The summed E-state index contributed by atoms with van der Waals surface area (Å²) in [7, 11) is 1.42. The zero-order valence-electron chi connectivity index (χ0n) is 13.7. The van der Waals surface area contributed by atoms with Gasteiger partial charge in [0.2, 0.25) is 0 Å². The fourth-order valence-corrected chi connectivity index (χ4v) is 4.55. The second-order valence-electron chi connectivity index (χ2n) is 5.65. The number of hydrogen-bond acceptors (Lipinski definition) is 4. The Balaban J connectivity index is 2.25. The molecule has 22 heavy (non-hydrogen) atoms. The van der Waals surface area contributed by atoms with E-state index in [4.69, 9.17) is 17.0 Å². The van der Waals surface area contributed by atoms with Gasteiger partial charge in [-0.2, -0.15) is 0 Å². The van der Waals surface area contributed by atoms with Crippen LogP contribution >= 0.6 is 23.6 Å². The first kappa shape index (κ1) is 17.2. The van der Waals surface area contributed by atoms with Crippen molar-refractivity contribution < 1.29 is 9.53 Å². The first-order valence-corrected chi connectivity index (χ1v) is 9.00. The molecule has 0 spiro atoms. The van der Waals surface area contributed by atoms with Crippen molar-refractivity contribution in [2.75, 3.05) is 19.0 Å². The van der Waals surface area contributed by atoms with Crippen LogP contribution in [-0.4, -0.2) is 35.7 Å². The number of hydrogen-bond donors (Lipinski definition) is 1. The Morgan fingerprint density at radius 2 is 2.23 bits per heavy atom. The Labute approximate surface area is 141 Å². The van der Waals surface area contributed by atoms with Crippen LogP contribution in [0.25, 0.3) is 0 Å². The zero-order chi connectivity index (χ0) is 16.3. The topological polar surface area (TPSA) is 41.6 Å². The lowest BCUT2D eigenvalue weighted by molar-refractivity contribution is 0.0601. The summed E-state index contributed by atoms with van der Waals surface area (Å²) in [4.78, 5) is 15.5. The monoisotopic (exact) mass is 340 g/mol. The van der Waals surface area contributed by atoms with E-state index >= 15 is 0 Å². The lowest BCUT2D eigenvalue weighted by Crippen LogP contribution is -2.44. The van der Waals surface area contributed by atoms with Crippen molar-refractivity contribution in [2.24, 2.45) is 0 Å². The van der Waals surface area contributed by atoms with Gasteiger partial charge in [-0.15, -0.1) is 11.3 Å². The number of aryl methyl sites for hydroxylation is 1. The molecule has 1 aromatic rings. The summed E-state index contributed by atoms with van der Waals surface area (Å²) in [5, 5.41) is 4.82. The number of methoxy groups -OCH3 is 1. The third-order valence-electron chi connectivity index (χ3n) is 4.24. The molecule has 0 bridgehead atoms. The number of piperidine rings is 1. The quantitative estimate of drug-likeness (QED) is 0.666. The van der Waals surface area contributed by atoms with Crippen molar-refractivity contribution in [3.05, 3.63) is 16.0 Å². The molecule has 1 aliphatic heterocycles. The van der Waals surface area contributed by atoms with E-state index in [1.54, 1.807) is 11.3 Å². The maximum absolute atomic E-state index is 12.1.